The Bertz CT molecular complexity index is 992. The van der Waals surface area contributed by atoms with Crippen LogP contribution in [0.5, 0.6) is 11.5 Å². The fourth-order valence-corrected chi connectivity index (χ4v) is 3.78. The Labute approximate surface area is 170 Å². The normalized spacial score (nSPS) is 11.1. The number of nitrogens with one attached hydrogen (secondary N) is 1. The number of rotatable bonds is 7. The summed E-state index contributed by atoms with van der Waals surface area (Å²) in [4.78, 5) is 12.6. The lowest BCUT2D eigenvalue weighted by Crippen LogP contribution is -2.38. The molecule has 0 aliphatic rings. The molecule has 0 atom stereocenters. The highest BCUT2D eigenvalue weighted by atomic mass is 35.5. The van der Waals surface area contributed by atoms with Crippen molar-refractivity contribution in [3.63, 3.8) is 0 Å². The van der Waals surface area contributed by atoms with Gasteiger partial charge in [-0.2, -0.15) is 0 Å². The Balaban J connectivity index is 2.35. The van der Waals surface area contributed by atoms with Crippen LogP contribution in [0.3, 0.4) is 0 Å². The SMILES string of the molecule is COc1cc(NC(=O)CN(c2cc(C)ccc2C)S(C)(=O)=O)c(OC)cc1Cl. The number of sulfonamides is 1. The maximum absolute atomic E-state index is 12.6. The van der Waals surface area contributed by atoms with Gasteiger partial charge in [0.15, 0.2) is 0 Å². The van der Waals surface area contributed by atoms with Crippen molar-refractivity contribution in [2.45, 2.75) is 13.8 Å². The number of ether oxygens (including phenoxy) is 2. The van der Waals surface area contributed by atoms with E-state index in [9.17, 15) is 13.2 Å². The summed E-state index contributed by atoms with van der Waals surface area (Å²) in [5.74, 6) is 0.151. The van der Waals surface area contributed by atoms with Crippen molar-refractivity contribution in [2.24, 2.45) is 0 Å². The third-order valence-electron chi connectivity index (χ3n) is 4.07. The van der Waals surface area contributed by atoms with Crippen molar-refractivity contribution in [1.82, 2.24) is 0 Å². The van der Waals surface area contributed by atoms with E-state index in [1.54, 1.807) is 13.0 Å². The van der Waals surface area contributed by atoms with E-state index in [0.717, 1.165) is 21.7 Å². The van der Waals surface area contributed by atoms with Crippen LogP contribution in [0.4, 0.5) is 11.4 Å². The second kappa shape index (κ2) is 8.70. The molecule has 2 aromatic carbocycles. The van der Waals surface area contributed by atoms with Crippen LogP contribution >= 0.6 is 11.6 Å². The van der Waals surface area contributed by atoms with E-state index < -0.39 is 22.5 Å². The largest absolute Gasteiger partial charge is 0.495 e. The minimum atomic E-state index is -3.68. The number of halogens is 1. The van der Waals surface area contributed by atoms with E-state index in [1.165, 1.54) is 26.4 Å². The molecule has 0 fully saturated rings. The predicted molar refractivity (Wildman–Crippen MR) is 111 cm³/mol. The van der Waals surface area contributed by atoms with Gasteiger partial charge in [-0.3, -0.25) is 9.10 Å². The first-order chi connectivity index (χ1) is 13.1. The molecule has 0 aliphatic heterocycles. The van der Waals surface area contributed by atoms with E-state index >= 15 is 0 Å². The third-order valence-corrected chi connectivity index (χ3v) is 5.49. The lowest BCUT2D eigenvalue weighted by molar-refractivity contribution is -0.114. The van der Waals surface area contributed by atoms with Crippen LogP contribution in [-0.4, -0.2) is 41.3 Å². The second-order valence-electron chi connectivity index (χ2n) is 6.29. The molecule has 0 saturated heterocycles. The summed E-state index contributed by atoms with van der Waals surface area (Å²) < 4.78 is 36.1. The summed E-state index contributed by atoms with van der Waals surface area (Å²) in [5, 5.41) is 2.99. The molecular weight excluding hydrogens is 404 g/mol. The van der Waals surface area contributed by atoms with E-state index in [2.05, 4.69) is 5.32 Å². The molecule has 152 valence electrons. The molecule has 0 heterocycles. The molecule has 2 aromatic rings. The summed E-state index contributed by atoms with van der Waals surface area (Å²) in [7, 11) is -0.798. The van der Waals surface area contributed by atoms with Gasteiger partial charge >= 0.3 is 0 Å². The molecule has 1 N–H and O–H groups in total. The Kier molecular flexibility index (Phi) is 6.79. The van der Waals surface area contributed by atoms with Gasteiger partial charge in [-0.15, -0.1) is 0 Å². The fourth-order valence-electron chi connectivity index (χ4n) is 2.65. The number of aryl methyl sites for hydroxylation is 2. The van der Waals surface area contributed by atoms with Crippen molar-refractivity contribution in [3.8, 4) is 11.5 Å². The molecule has 0 radical (unpaired) electrons. The molecule has 0 aromatic heterocycles. The van der Waals surface area contributed by atoms with E-state index in [-0.39, 0.29) is 0 Å². The zero-order valence-electron chi connectivity index (χ0n) is 16.4. The minimum absolute atomic E-state index is 0.322. The smallest absolute Gasteiger partial charge is 0.245 e. The minimum Gasteiger partial charge on any atom is -0.495 e. The number of carbonyl (C=O) groups is 1. The maximum atomic E-state index is 12.6. The molecule has 0 unspecified atom stereocenters. The predicted octanol–water partition coefficient (Wildman–Crippen LogP) is 3.38. The molecular formula is C19H23ClN2O5S. The van der Waals surface area contributed by atoms with Gasteiger partial charge in [-0.25, -0.2) is 8.42 Å². The van der Waals surface area contributed by atoms with Crippen LogP contribution in [0, 0.1) is 13.8 Å². The molecule has 28 heavy (non-hydrogen) atoms. The molecule has 1 amide bonds. The van der Waals surface area contributed by atoms with Gasteiger partial charge in [-0.05, 0) is 31.0 Å². The van der Waals surface area contributed by atoms with Crippen LogP contribution < -0.4 is 19.1 Å². The van der Waals surface area contributed by atoms with Crippen molar-refractivity contribution < 1.29 is 22.7 Å². The highest BCUT2D eigenvalue weighted by Crippen LogP contribution is 2.36. The van der Waals surface area contributed by atoms with Crippen LogP contribution in [0.15, 0.2) is 30.3 Å². The fraction of sp³-hybridized carbons (Fsp3) is 0.316. The van der Waals surface area contributed by atoms with Crippen molar-refractivity contribution in [1.29, 1.82) is 0 Å². The lowest BCUT2D eigenvalue weighted by atomic mass is 10.1. The van der Waals surface area contributed by atoms with Crippen molar-refractivity contribution in [3.05, 3.63) is 46.5 Å². The first-order valence-corrected chi connectivity index (χ1v) is 10.6. The van der Waals surface area contributed by atoms with Crippen LogP contribution in [0.25, 0.3) is 0 Å². The van der Waals surface area contributed by atoms with Gasteiger partial charge in [0.25, 0.3) is 0 Å². The number of benzene rings is 2. The summed E-state index contributed by atoms with van der Waals surface area (Å²) in [6.45, 7) is 3.25. The molecule has 0 aliphatic carbocycles. The number of amides is 1. The average Bonchev–Trinajstić information content (AvgIpc) is 2.62. The maximum Gasteiger partial charge on any atom is 0.245 e. The first-order valence-electron chi connectivity index (χ1n) is 8.33. The second-order valence-corrected chi connectivity index (χ2v) is 8.61. The zero-order valence-corrected chi connectivity index (χ0v) is 17.9. The summed E-state index contributed by atoms with van der Waals surface area (Å²) in [5.41, 5.74) is 2.41. The van der Waals surface area contributed by atoms with Gasteiger partial charge in [0.1, 0.15) is 18.0 Å². The van der Waals surface area contributed by atoms with Crippen molar-refractivity contribution >= 4 is 38.9 Å². The Hall–Kier alpha value is -2.45. The van der Waals surface area contributed by atoms with Gasteiger partial charge < -0.3 is 14.8 Å². The Morgan fingerprint density at radius 1 is 1.11 bits per heavy atom. The van der Waals surface area contributed by atoms with Crippen LogP contribution in [0.2, 0.25) is 5.02 Å². The van der Waals surface area contributed by atoms with Gasteiger partial charge in [0, 0.05) is 12.1 Å². The Morgan fingerprint density at radius 2 is 1.75 bits per heavy atom. The topological polar surface area (TPSA) is 84.9 Å². The lowest BCUT2D eigenvalue weighted by Gasteiger charge is -2.24. The number of hydrogen-bond donors (Lipinski definition) is 1. The number of carbonyl (C=O) groups excluding carboxylic acids is 1. The van der Waals surface area contributed by atoms with Crippen LogP contribution in [0.1, 0.15) is 11.1 Å². The first kappa shape index (κ1) is 21.8. The average molecular weight is 427 g/mol. The quantitative estimate of drug-likeness (QED) is 0.733. The third kappa shape index (κ3) is 5.08. The molecule has 9 heteroatoms. The van der Waals surface area contributed by atoms with Gasteiger partial charge in [0.2, 0.25) is 15.9 Å². The van der Waals surface area contributed by atoms with E-state index in [1.807, 2.05) is 19.1 Å². The molecule has 0 spiro atoms. The van der Waals surface area contributed by atoms with Gasteiger partial charge in [0.05, 0.1) is 36.9 Å². The van der Waals surface area contributed by atoms with E-state index in [4.69, 9.17) is 21.1 Å². The molecule has 0 bridgehead atoms. The standard InChI is InChI=1S/C19H23ClN2O5S/c1-12-6-7-13(2)16(8-12)22(28(5,24)25)11-19(23)21-15-10-17(26-3)14(20)9-18(15)27-4/h6-10H,11H2,1-5H3,(H,21,23). The van der Waals surface area contributed by atoms with E-state index in [0.29, 0.717) is 27.9 Å². The highest BCUT2D eigenvalue weighted by molar-refractivity contribution is 7.92. The number of hydrogen-bond acceptors (Lipinski definition) is 5. The monoisotopic (exact) mass is 426 g/mol. The van der Waals surface area contributed by atoms with Gasteiger partial charge in [-0.1, -0.05) is 23.7 Å². The number of methoxy groups -OCH3 is 2. The zero-order chi connectivity index (χ0) is 21.1. The summed E-state index contributed by atoms with van der Waals surface area (Å²) >= 11 is 6.07. The molecule has 2 rings (SSSR count). The number of anilines is 2. The summed E-state index contributed by atoms with van der Waals surface area (Å²) in [6.07, 6.45) is 1.06. The molecule has 0 saturated carbocycles. The highest BCUT2D eigenvalue weighted by Gasteiger charge is 2.23. The van der Waals surface area contributed by atoms with Crippen molar-refractivity contribution in [2.75, 3.05) is 36.6 Å². The van der Waals surface area contributed by atoms with Crippen LogP contribution in [-0.2, 0) is 14.8 Å². The summed E-state index contributed by atoms with van der Waals surface area (Å²) in [6, 6.07) is 8.45. The molecule has 7 nitrogen and oxygen atoms in total. The number of nitrogens with zero attached hydrogens (tertiary/aromatic N) is 1. The Morgan fingerprint density at radius 3 is 2.32 bits per heavy atom.